The molecular formula is C14H20N2O6S. The number of sulfonamides is 1. The Morgan fingerprint density at radius 2 is 1.74 bits per heavy atom. The minimum absolute atomic E-state index is 0.114. The molecule has 1 N–H and O–H groups in total. The summed E-state index contributed by atoms with van der Waals surface area (Å²) in [6.45, 7) is 1.47. The molecule has 0 aliphatic rings. The highest BCUT2D eigenvalue weighted by Gasteiger charge is 2.16. The van der Waals surface area contributed by atoms with Crippen LogP contribution in [0.5, 0.6) is 0 Å². The Bertz CT molecular complexity index is 640. The SMILES string of the molecule is CCOCC(=O)OCC(=O)Nc1ccc(S(=O)(=O)N(C)C)cc1. The number of hydrogen-bond acceptors (Lipinski definition) is 6. The first-order chi connectivity index (χ1) is 10.8. The van der Waals surface area contributed by atoms with Crippen LogP contribution in [0.2, 0.25) is 0 Å². The zero-order chi connectivity index (χ0) is 17.5. The van der Waals surface area contributed by atoms with Crippen LogP contribution in [0.4, 0.5) is 5.69 Å². The lowest BCUT2D eigenvalue weighted by atomic mass is 10.3. The second-order valence-electron chi connectivity index (χ2n) is 4.66. The van der Waals surface area contributed by atoms with Crippen LogP contribution in [-0.4, -0.2) is 58.5 Å². The summed E-state index contributed by atoms with van der Waals surface area (Å²) in [6, 6.07) is 5.67. The fourth-order valence-corrected chi connectivity index (χ4v) is 2.39. The standard InChI is InChI=1S/C14H20N2O6S/c1-4-21-10-14(18)22-9-13(17)15-11-5-7-12(8-6-11)23(19,20)16(2)3/h5-8H,4,9-10H2,1-3H3,(H,15,17). The lowest BCUT2D eigenvalue weighted by molar-refractivity contribution is -0.151. The van der Waals surface area contributed by atoms with Crippen LogP contribution in [0.1, 0.15) is 6.92 Å². The molecule has 1 aromatic rings. The molecule has 1 amide bonds. The van der Waals surface area contributed by atoms with Gasteiger partial charge in [-0.3, -0.25) is 4.79 Å². The van der Waals surface area contributed by atoms with E-state index in [4.69, 9.17) is 9.47 Å². The van der Waals surface area contributed by atoms with E-state index >= 15 is 0 Å². The third-order valence-corrected chi connectivity index (χ3v) is 4.53. The Morgan fingerprint density at radius 1 is 1.13 bits per heavy atom. The van der Waals surface area contributed by atoms with Gasteiger partial charge in [0.2, 0.25) is 10.0 Å². The minimum atomic E-state index is -3.52. The van der Waals surface area contributed by atoms with E-state index in [1.54, 1.807) is 6.92 Å². The van der Waals surface area contributed by atoms with Gasteiger partial charge >= 0.3 is 5.97 Å². The van der Waals surface area contributed by atoms with E-state index in [0.717, 1.165) is 4.31 Å². The number of nitrogens with one attached hydrogen (secondary N) is 1. The molecule has 0 saturated carbocycles. The molecule has 0 unspecified atom stereocenters. The molecule has 0 heterocycles. The Kier molecular flexibility index (Phi) is 7.14. The predicted octanol–water partition coefficient (Wildman–Crippen LogP) is 0.455. The van der Waals surface area contributed by atoms with Gasteiger partial charge in [0, 0.05) is 26.4 Å². The highest BCUT2D eigenvalue weighted by Crippen LogP contribution is 2.16. The number of ether oxygens (including phenoxy) is 2. The van der Waals surface area contributed by atoms with Gasteiger partial charge in [-0.25, -0.2) is 17.5 Å². The van der Waals surface area contributed by atoms with Crippen LogP contribution in [0.25, 0.3) is 0 Å². The average molecular weight is 344 g/mol. The van der Waals surface area contributed by atoms with Gasteiger partial charge < -0.3 is 14.8 Å². The van der Waals surface area contributed by atoms with Gasteiger partial charge in [-0.1, -0.05) is 0 Å². The molecule has 0 radical (unpaired) electrons. The van der Waals surface area contributed by atoms with Gasteiger partial charge in [-0.15, -0.1) is 0 Å². The zero-order valence-electron chi connectivity index (χ0n) is 13.2. The second-order valence-corrected chi connectivity index (χ2v) is 6.81. The summed E-state index contributed by atoms with van der Waals surface area (Å²) in [6.07, 6.45) is 0. The van der Waals surface area contributed by atoms with Crippen LogP contribution in [0, 0.1) is 0 Å². The molecule has 23 heavy (non-hydrogen) atoms. The normalized spacial score (nSPS) is 11.3. The van der Waals surface area contributed by atoms with E-state index in [1.165, 1.54) is 38.4 Å². The predicted molar refractivity (Wildman–Crippen MR) is 83.4 cm³/mol. The molecule has 1 aromatic carbocycles. The molecule has 9 heteroatoms. The van der Waals surface area contributed by atoms with Crippen molar-refractivity contribution in [3.05, 3.63) is 24.3 Å². The number of benzene rings is 1. The van der Waals surface area contributed by atoms with Crippen LogP contribution < -0.4 is 5.32 Å². The molecule has 0 bridgehead atoms. The van der Waals surface area contributed by atoms with E-state index in [9.17, 15) is 18.0 Å². The van der Waals surface area contributed by atoms with Crippen molar-refractivity contribution >= 4 is 27.6 Å². The maximum absolute atomic E-state index is 11.9. The first kappa shape index (κ1) is 19.1. The Balaban J connectivity index is 2.55. The van der Waals surface area contributed by atoms with E-state index < -0.39 is 28.5 Å². The summed E-state index contributed by atoms with van der Waals surface area (Å²) in [7, 11) is -0.651. The molecule has 8 nitrogen and oxygen atoms in total. The number of hydrogen-bond donors (Lipinski definition) is 1. The lowest BCUT2D eigenvalue weighted by Gasteiger charge is -2.12. The van der Waals surface area contributed by atoms with Crippen molar-refractivity contribution in [2.75, 3.05) is 39.2 Å². The minimum Gasteiger partial charge on any atom is -0.454 e. The third kappa shape index (κ3) is 5.97. The first-order valence-electron chi connectivity index (χ1n) is 6.83. The monoisotopic (exact) mass is 344 g/mol. The third-order valence-electron chi connectivity index (χ3n) is 2.70. The quantitative estimate of drug-likeness (QED) is 0.687. The van der Waals surface area contributed by atoms with Crippen molar-refractivity contribution in [2.24, 2.45) is 0 Å². The van der Waals surface area contributed by atoms with Crippen LogP contribution in [0.15, 0.2) is 29.2 Å². The fraction of sp³-hybridized carbons (Fsp3) is 0.429. The van der Waals surface area contributed by atoms with E-state index in [0.29, 0.717) is 12.3 Å². The molecule has 128 valence electrons. The summed E-state index contributed by atoms with van der Waals surface area (Å²) in [5.41, 5.74) is 0.397. The van der Waals surface area contributed by atoms with Gasteiger partial charge in [0.05, 0.1) is 4.90 Å². The highest BCUT2D eigenvalue weighted by atomic mass is 32.2. The summed E-state index contributed by atoms with van der Waals surface area (Å²) in [5.74, 6) is -1.16. The Hall–Kier alpha value is -1.97. The van der Waals surface area contributed by atoms with E-state index in [-0.39, 0.29) is 11.5 Å². The highest BCUT2D eigenvalue weighted by molar-refractivity contribution is 7.89. The summed E-state index contributed by atoms with van der Waals surface area (Å²) in [4.78, 5) is 22.9. The van der Waals surface area contributed by atoms with Crippen molar-refractivity contribution in [1.29, 1.82) is 0 Å². The second kappa shape index (κ2) is 8.61. The first-order valence-corrected chi connectivity index (χ1v) is 8.27. The van der Waals surface area contributed by atoms with E-state index in [1.807, 2.05) is 0 Å². The smallest absolute Gasteiger partial charge is 0.332 e. The van der Waals surface area contributed by atoms with Crippen LogP contribution >= 0.6 is 0 Å². The van der Waals surface area contributed by atoms with E-state index in [2.05, 4.69) is 5.32 Å². The number of nitrogens with zero attached hydrogens (tertiary/aromatic N) is 1. The van der Waals surface area contributed by atoms with Gasteiger partial charge in [0.15, 0.2) is 6.61 Å². The van der Waals surface area contributed by atoms with Crippen LogP contribution in [0.3, 0.4) is 0 Å². The summed E-state index contributed by atoms with van der Waals surface area (Å²) < 4.78 is 34.4. The average Bonchev–Trinajstić information content (AvgIpc) is 2.51. The maximum Gasteiger partial charge on any atom is 0.332 e. The molecule has 0 aliphatic carbocycles. The Labute approximate surface area is 135 Å². The molecule has 0 saturated heterocycles. The van der Waals surface area contributed by atoms with Crippen molar-refractivity contribution in [2.45, 2.75) is 11.8 Å². The topological polar surface area (TPSA) is 102 Å². The maximum atomic E-state index is 11.9. The van der Waals surface area contributed by atoms with Crippen LogP contribution in [-0.2, 0) is 29.1 Å². The summed E-state index contributed by atoms with van der Waals surface area (Å²) >= 11 is 0. The molecule has 0 atom stereocenters. The van der Waals surface area contributed by atoms with Crippen molar-refractivity contribution in [3.63, 3.8) is 0 Å². The number of carbonyl (C=O) groups is 2. The van der Waals surface area contributed by atoms with Crippen molar-refractivity contribution in [1.82, 2.24) is 4.31 Å². The molecule has 0 aromatic heterocycles. The number of amides is 1. The molecule has 0 fully saturated rings. The van der Waals surface area contributed by atoms with Gasteiger partial charge in [-0.2, -0.15) is 0 Å². The fourth-order valence-electron chi connectivity index (χ4n) is 1.49. The van der Waals surface area contributed by atoms with Gasteiger partial charge in [-0.05, 0) is 31.2 Å². The van der Waals surface area contributed by atoms with Crippen molar-refractivity contribution in [3.8, 4) is 0 Å². The molecular weight excluding hydrogens is 324 g/mol. The number of anilines is 1. The largest absolute Gasteiger partial charge is 0.454 e. The molecule has 0 aliphatic heterocycles. The summed E-state index contributed by atoms with van der Waals surface area (Å²) in [5, 5.41) is 2.50. The Morgan fingerprint density at radius 3 is 2.26 bits per heavy atom. The number of esters is 1. The van der Waals surface area contributed by atoms with Gasteiger partial charge in [0.1, 0.15) is 6.61 Å². The van der Waals surface area contributed by atoms with Crippen molar-refractivity contribution < 1.29 is 27.5 Å². The number of rotatable bonds is 8. The molecule has 0 spiro atoms. The number of carbonyl (C=O) groups excluding carboxylic acids is 2. The molecule has 1 rings (SSSR count). The van der Waals surface area contributed by atoms with Gasteiger partial charge in [0.25, 0.3) is 5.91 Å². The zero-order valence-corrected chi connectivity index (χ0v) is 14.1. The lowest BCUT2D eigenvalue weighted by Crippen LogP contribution is -2.23.